The average Bonchev–Trinajstić information content (AvgIpc) is 2.56. The first kappa shape index (κ1) is 19.5. The summed E-state index contributed by atoms with van der Waals surface area (Å²) in [5.41, 5.74) is 0.962. The van der Waals surface area contributed by atoms with Gasteiger partial charge in [-0.2, -0.15) is 0 Å². The van der Waals surface area contributed by atoms with Crippen LogP contribution < -0.4 is 4.74 Å². The van der Waals surface area contributed by atoms with E-state index in [0.717, 1.165) is 16.2 Å². The number of Topliss-reactive ketones (excluding diaryl/α,β-unsaturated/α-hetero) is 1. The van der Waals surface area contributed by atoms with Gasteiger partial charge in [-0.25, -0.2) is 4.98 Å². The Balaban J connectivity index is 2.00. The minimum atomic E-state index is 0.194. The van der Waals surface area contributed by atoms with Crippen LogP contribution in [0.1, 0.15) is 32.8 Å². The molecule has 0 aliphatic rings. The van der Waals surface area contributed by atoms with Crippen molar-refractivity contribution in [1.29, 1.82) is 0 Å². The van der Waals surface area contributed by atoms with E-state index in [9.17, 15) is 4.79 Å². The lowest BCUT2D eigenvalue weighted by atomic mass is 10.0. The van der Waals surface area contributed by atoms with Crippen LogP contribution in [0.25, 0.3) is 6.08 Å². The Labute approximate surface area is 158 Å². The predicted octanol–water partition coefficient (Wildman–Crippen LogP) is 6.27. The van der Waals surface area contributed by atoms with Crippen LogP contribution in [0, 0.1) is 5.92 Å². The summed E-state index contributed by atoms with van der Waals surface area (Å²) >= 11 is 8.00. The van der Waals surface area contributed by atoms with Crippen LogP contribution in [0.2, 0.25) is 5.02 Å². The number of thioether (sulfide) groups is 1. The minimum Gasteiger partial charge on any atom is -0.437 e. The summed E-state index contributed by atoms with van der Waals surface area (Å²) in [6.45, 7) is 5.73. The number of hydrogen-bond donors (Lipinski definition) is 0. The summed E-state index contributed by atoms with van der Waals surface area (Å²) in [5, 5.41) is 0.572. The first-order valence-electron chi connectivity index (χ1n) is 8.21. The number of nitrogens with zero attached hydrogens (tertiary/aromatic N) is 1. The molecule has 0 amide bonds. The van der Waals surface area contributed by atoms with Gasteiger partial charge in [0.15, 0.2) is 0 Å². The highest BCUT2D eigenvalue weighted by atomic mass is 35.5. The zero-order valence-electron chi connectivity index (χ0n) is 14.7. The molecule has 2 aromatic rings. The third-order valence-corrected chi connectivity index (χ3v) is 4.59. The van der Waals surface area contributed by atoms with Crippen molar-refractivity contribution in [3.8, 4) is 11.6 Å². The molecule has 25 heavy (non-hydrogen) atoms. The quantitative estimate of drug-likeness (QED) is 0.510. The lowest BCUT2D eigenvalue weighted by Crippen LogP contribution is -1.97. The van der Waals surface area contributed by atoms with Crippen LogP contribution in [0.5, 0.6) is 11.6 Å². The Hall–Kier alpha value is -1.78. The fraction of sp³-hybridized carbons (Fsp3) is 0.300. The molecule has 1 atom stereocenters. The van der Waals surface area contributed by atoms with Crippen LogP contribution >= 0.6 is 23.4 Å². The molecule has 0 saturated heterocycles. The minimum absolute atomic E-state index is 0.194. The van der Waals surface area contributed by atoms with E-state index >= 15 is 0 Å². The largest absolute Gasteiger partial charge is 0.437 e. The predicted molar refractivity (Wildman–Crippen MR) is 106 cm³/mol. The van der Waals surface area contributed by atoms with Gasteiger partial charge in [0, 0.05) is 23.6 Å². The summed E-state index contributed by atoms with van der Waals surface area (Å²) in [6.07, 6.45) is 6.27. The van der Waals surface area contributed by atoms with Gasteiger partial charge < -0.3 is 9.53 Å². The number of pyridine rings is 1. The number of carbonyl (C=O) groups is 1. The molecular formula is C20H22ClNO2S. The molecule has 0 saturated carbocycles. The van der Waals surface area contributed by atoms with Gasteiger partial charge in [0.25, 0.3) is 0 Å². The van der Waals surface area contributed by atoms with Crippen molar-refractivity contribution in [3.05, 3.63) is 53.2 Å². The molecule has 0 aliphatic carbocycles. The summed E-state index contributed by atoms with van der Waals surface area (Å²) < 4.78 is 5.75. The van der Waals surface area contributed by atoms with Crippen molar-refractivity contribution in [3.63, 3.8) is 0 Å². The van der Waals surface area contributed by atoms with E-state index in [-0.39, 0.29) is 11.7 Å². The molecule has 3 nitrogen and oxygen atoms in total. The molecular weight excluding hydrogens is 354 g/mol. The number of hydrogen-bond acceptors (Lipinski definition) is 4. The standard InChI is InChI=1S/C20H22ClNO2S/c1-4-25-17-8-9-19(18(21)12-17)24-20-10-7-16(13-22-20)6-5-14(2)11-15(3)23/h5-10,12-14H,4,11H2,1-3H3/b6-5+/t14-/m0/s1. The molecule has 0 bridgehead atoms. The van der Waals surface area contributed by atoms with Crippen LogP contribution in [0.15, 0.2) is 47.5 Å². The number of carbonyl (C=O) groups excluding carboxylic acids is 1. The second-order valence-corrected chi connectivity index (χ2v) is 7.54. The van der Waals surface area contributed by atoms with E-state index < -0.39 is 0 Å². The number of ketones is 1. The van der Waals surface area contributed by atoms with Crippen LogP contribution in [-0.2, 0) is 4.79 Å². The molecule has 0 fully saturated rings. The summed E-state index contributed by atoms with van der Waals surface area (Å²) in [4.78, 5) is 16.5. The van der Waals surface area contributed by atoms with E-state index in [0.29, 0.717) is 23.1 Å². The second-order valence-electron chi connectivity index (χ2n) is 5.80. The second kappa shape index (κ2) is 9.64. The third-order valence-electron chi connectivity index (χ3n) is 3.41. The highest BCUT2D eigenvalue weighted by Gasteiger charge is 2.06. The fourth-order valence-corrected chi connectivity index (χ4v) is 3.26. The van der Waals surface area contributed by atoms with E-state index in [1.807, 2.05) is 43.3 Å². The van der Waals surface area contributed by atoms with E-state index in [1.54, 1.807) is 30.9 Å². The molecule has 0 N–H and O–H groups in total. The maximum absolute atomic E-state index is 11.1. The summed E-state index contributed by atoms with van der Waals surface area (Å²) in [7, 11) is 0. The van der Waals surface area contributed by atoms with Gasteiger partial charge in [-0.05, 0) is 48.4 Å². The number of benzene rings is 1. The summed E-state index contributed by atoms with van der Waals surface area (Å²) in [5.74, 6) is 2.49. The van der Waals surface area contributed by atoms with Gasteiger partial charge in [-0.3, -0.25) is 0 Å². The van der Waals surface area contributed by atoms with Crippen molar-refractivity contribution in [2.75, 3.05) is 5.75 Å². The van der Waals surface area contributed by atoms with Gasteiger partial charge in [-0.15, -0.1) is 11.8 Å². The molecule has 2 rings (SSSR count). The zero-order valence-corrected chi connectivity index (χ0v) is 16.2. The van der Waals surface area contributed by atoms with Gasteiger partial charge in [0.1, 0.15) is 11.5 Å². The van der Waals surface area contributed by atoms with Gasteiger partial charge >= 0.3 is 0 Å². The Morgan fingerprint density at radius 3 is 2.76 bits per heavy atom. The van der Waals surface area contributed by atoms with Crippen molar-refractivity contribution in [2.24, 2.45) is 5.92 Å². The molecule has 0 unspecified atom stereocenters. The lowest BCUT2D eigenvalue weighted by Gasteiger charge is -2.08. The van der Waals surface area contributed by atoms with Crippen molar-refractivity contribution in [1.82, 2.24) is 4.98 Å². The average molecular weight is 376 g/mol. The summed E-state index contributed by atoms with van der Waals surface area (Å²) in [6, 6.07) is 9.48. The highest BCUT2D eigenvalue weighted by Crippen LogP contribution is 2.32. The van der Waals surface area contributed by atoms with Gasteiger partial charge in [0.2, 0.25) is 5.88 Å². The van der Waals surface area contributed by atoms with E-state index in [2.05, 4.69) is 11.9 Å². The van der Waals surface area contributed by atoms with E-state index in [4.69, 9.17) is 16.3 Å². The Bertz CT molecular complexity index is 744. The Morgan fingerprint density at radius 1 is 1.36 bits per heavy atom. The van der Waals surface area contributed by atoms with Crippen molar-refractivity contribution in [2.45, 2.75) is 32.1 Å². The SMILES string of the molecule is CCSc1ccc(Oc2ccc(/C=C/[C@H](C)CC(C)=O)cn2)c(Cl)c1. The maximum atomic E-state index is 11.1. The first-order chi connectivity index (χ1) is 12.0. The van der Waals surface area contributed by atoms with Crippen LogP contribution in [0.3, 0.4) is 0 Å². The molecule has 1 aromatic carbocycles. The number of ether oxygens (including phenoxy) is 1. The molecule has 5 heteroatoms. The molecule has 0 radical (unpaired) electrons. The molecule has 132 valence electrons. The molecule has 0 spiro atoms. The molecule has 0 aliphatic heterocycles. The third kappa shape index (κ3) is 6.56. The van der Waals surface area contributed by atoms with Gasteiger partial charge in [-0.1, -0.05) is 37.6 Å². The zero-order chi connectivity index (χ0) is 18.2. The number of rotatable bonds is 8. The molecule has 1 heterocycles. The smallest absolute Gasteiger partial charge is 0.219 e. The maximum Gasteiger partial charge on any atom is 0.219 e. The van der Waals surface area contributed by atoms with Gasteiger partial charge in [0.05, 0.1) is 5.02 Å². The monoisotopic (exact) mass is 375 g/mol. The van der Waals surface area contributed by atoms with Crippen molar-refractivity contribution < 1.29 is 9.53 Å². The lowest BCUT2D eigenvalue weighted by molar-refractivity contribution is -0.117. The number of aromatic nitrogens is 1. The normalized spacial score (nSPS) is 12.3. The molecule has 1 aromatic heterocycles. The number of allylic oxidation sites excluding steroid dienone is 1. The highest BCUT2D eigenvalue weighted by molar-refractivity contribution is 7.99. The first-order valence-corrected chi connectivity index (χ1v) is 9.58. The van der Waals surface area contributed by atoms with Crippen LogP contribution in [-0.4, -0.2) is 16.5 Å². The topological polar surface area (TPSA) is 39.2 Å². The Morgan fingerprint density at radius 2 is 2.16 bits per heavy atom. The van der Waals surface area contributed by atoms with E-state index in [1.165, 1.54) is 0 Å². The fourth-order valence-electron chi connectivity index (χ4n) is 2.28. The van der Waals surface area contributed by atoms with Crippen molar-refractivity contribution >= 4 is 35.2 Å². The number of halogens is 1. The Kier molecular flexibility index (Phi) is 7.53. The van der Waals surface area contributed by atoms with Crippen LogP contribution in [0.4, 0.5) is 0 Å².